The number of amides is 1. The minimum atomic E-state index is -0.309. The van der Waals surface area contributed by atoms with E-state index in [0.29, 0.717) is 23.1 Å². The average molecular weight is 507 g/mol. The molecule has 0 aliphatic heterocycles. The fraction of sp³-hybridized carbons (Fsp3) is 0.154. The molecule has 1 N–H and O–H groups in total. The Kier molecular flexibility index (Phi) is 6.51. The molecule has 1 aromatic heterocycles. The number of aromatic nitrogens is 1. The van der Waals surface area contributed by atoms with Crippen molar-refractivity contribution >= 4 is 44.7 Å². The van der Waals surface area contributed by atoms with E-state index >= 15 is 0 Å². The molecule has 1 amide bonds. The van der Waals surface area contributed by atoms with Gasteiger partial charge in [0.05, 0.1) is 19.9 Å². The predicted molar refractivity (Wildman–Crippen MR) is 134 cm³/mol. The van der Waals surface area contributed by atoms with Crippen molar-refractivity contribution in [2.75, 3.05) is 19.5 Å². The summed E-state index contributed by atoms with van der Waals surface area (Å²) in [5.41, 5.74) is 5.83. The van der Waals surface area contributed by atoms with Gasteiger partial charge in [0.25, 0.3) is 0 Å². The fourth-order valence-corrected chi connectivity index (χ4v) is 3.80. The second-order valence-electron chi connectivity index (χ2n) is 7.55. The lowest BCUT2D eigenvalue weighted by Crippen LogP contribution is -2.09. The van der Waals surface area contributed by atoms with Crippen LogP contribution >= 0.6 is 15.9 Å². The van der Waals surface area contributed by atoms with E-state index in [9.17, 15) is 4.79 Å². The summed E-state index contributed by atoms with van der Waals surface area (Å²) < 4.78 is 17.6. The lowest BCUT2D eigenvalue weighted by Gasteiger charge is -2.10. The molecule has 168 valence electrons. The molecule has 3 aromatic carbocycles. The van der Waals surface area contributed by atoms with Gasteiger partial charge < -0.3 is 19.2 Å². The summed E-state index contributed by atoms with van der Waals surface area (Å²) in [5.74, 6) is 1.37. The Hall–Kier alpha value is -3.58. The molecular weight excluding hydrogens is 484 g/mol. The van der Waals surface area contributed by atoms with Gasteiger partial charge in [0.1, 0.15) is 17.0 Å². The van der Waals surface area contributed by atoms with E-state index in [1.54, 1.807) is 32.4 Å². The Labute approximate surface area is 200 Å². The van der Waals surface area contributed by atoms with Gasteiger partial charge in [-0.3, -0.25) is 4.79 Å². The summed E-state index contributed by atoms with van der Waals surface area (Å²) in [6, 6.07) is 15.0. The zero-order chi connectivity index (χ0) is 23.5. The van der Waals surface area contributed by atoms with Crippen LogP contribution < -0.4 is 14.8 Å². The molecule has 0 unspecified atom stereocenters. The van der Waals surface area contributed by atoms with Crippen LogP contribution in [0.3, 0.4) is 0 Å². The van der Waals surface area contributed by atoms with E-state index in [2.05, 4.69) is 26.2 Å². The van der Waals surface area contributed by atoms with Crippen LogP contribution in [0.25, 0.3) is 28.6 Å². The predicted octanol–water partition coefficient (Wildman–Crippen LogP) is 6.54. The number of fused-ring (bicyclic) bond motifs is 1. The third kappa shape index (κ3) is 4.93. The number of rotatable bonds is 6. The number of oxazole rings is 1. The highest BCUT2D eigenvalue weighted by Gasteiger charge is 2.14. The summed E-state index contributed by atoms with van der Waals surface area (Å²) in [7, 11) is 3.14. The first-order valence-electron chi connectivity index (χ1n) is 10.3. The number of carbonyl (C=O) groups excluding carboxylic acids is 1. The maximum Gasteiger partial charge on any atom is 0.248 e. The van der Waals surface area contributed by atoms with Crippen LogP contribution in [-0.4, -0.2) is 25.1 Å². The zero-order valence-electron chi connectivity index (χ0n) is 18.7. The smallest absolute Gasteiger partial charge is 0.248 e. The molecule has 0 spiro atoms. The number of methoxy groups -OCH3 is 2. The Morgan fingerprint density at radius 2 is 1.73 bits per heavy atom. The normalized spacial score (nSPS) is 11.2. The Morgan fingerprint density at radius 1 is 1.00 bits per heavy atom. The average Bonchev–Trinajstić information content (AvgIpc) is 3.20. The first-order valence-corrected chi connectivity index (χ1v) is 11.1. The number of hydrogen-bond acceptors (Lipinski definition) is 5. The lowest BCUT2D eigenvalue weighted by atomic mass is 10.1. The minimum Gasteiger partial charge on any atom is -0.496 e. The third-order valence-corrected chi connectivity index (χ3v) is 5.81. The van der Waals surface area contributed by atoms with E-state index in [0.717, 1.165) is 37.8 Å². The van der Waals surface area contributed by atoms with Crippen LogP contribution in [-0.2, 0) is 4.79 Å². The number of hydrogen-bond donors (Lipinski definition) is 1. The molecule has 0 saturated heterocycles. The van der Waals surface area contributed by atoms with Gasteiger partial charge in [-0.15, -0.1) is 0 Å². The van der Waals surface area contributed by atoms with Gasteiger partial charge in [-0.2, -0.15) is 0 Å². The van der Waals surface area contributed by atoms with E-state index in [1.165, 1.54) is 6.08 Å². The molecule has 4 rings (SSSR count). The first-order chi connectivity index (χ1) is 15.9. The van der Waals surface area contributed by atoms with E-state index < -0.39 is 0 Å². The first kappa shape index (κ1) is 22.6. The highest BCUT2D eigenvalue weighted by atomic mass is 79.9. The quantitative estimate of drug-likeness (QED) is 0.300. The van der Waals surface area contributed by atoms with Gasteiger partial charge in [0.15, 0.2) is 5.58 Å². The van der Waals surface area contributed by atoms with Gasteiger partial charge in [-0.25, -0.2) is 4.98 Å². The Balaban J connectivity index is 1.61. The molecule has 0 aliphatic carbocycles. The molecule has 0 fully saturated rings. The standard InChI is InChI=1S/C26H23BrN2O4/c1-15-11-20-24(12-16(15)2)33-26(29-20)18-5-8-23(32-4)21(14-18)28-25(30)10-6-17-13-19(27)7-9-22(17)31-3/h5-14H,1-4H3,(H,28,30). The zero-order valence-corrected chi connectivity index (χ0v) is 20.3. The molecule has 0 atom stereocenters. The molecule has 4 aromatic rings. The van der Waals surface area contributed by atoms with Crippen LogP contribution in [0.4, 0.5) is 5.69 Å². The van der Waals surface area contributed by atoms with E-state index in [4.69, 9.17) is 13.9 Å². The van der Waals surface area contributed by atoms with Crippen molar-refractivity contribution in [3.8, 4) is 23.0 Å². The van der Waals surface area contributed by atoms with Crippen molar-refractivity contribution < 1.29 is 18.7 Å². The summed E-state index contributed by atoms with van der Waals surface area (Å²) in [6.07, 6.45) is 3.14. The van der Waals surface area contributed by atoms with Crippen LogP contribution in [0.15, 0.2) is 63.5 Å². The molecule has 0 bridgehead atoms. The highest BCUT2D eigenvalue weighted by Crippen LogP contribution is 2.32. The van der Waals surface area contributed by atoms with Crippen molar-refractivity contribution in [2.45, 2.75) is 13.8 Å². The lowest BCUT2D eigenvalue weighted by molar-refractivity contribution is -0.111. The molecule has 1 heterocycles. The van der Waals surface area contributed by atoms with Gasteiger partial charge in [-0.05, 0) is 79.6 Å². The summed E-state index contributed by atoms with van der Waals surface area (Å²) >= 11 is 3.43. The van der Waals surface area contributed by atoms with Crippen LogP contribution in [0.2, 0.25) is 0 Å². The number of benzene rings is 3. The number of aryl methyl sites for hydroxylation is 2. The topological polar surface area (TPSA) is 73.6 Å². The Morgan fingerprint density at radius 3 is 2.48 bits per heavy atom. The monoisotopic (exact) mass is 506 g/mol. The second-order valence-corrected chi connectivity index (χ2v) is 8.46. The maximum atomic E-state index is 12.7. The van der Waals surface area contributed by atoms with Gasteiger partial charge in [0.2, 0.25) is 11.8 Å². The third-order valence-electron chi connectivity index (χ3n) is 5.31. The number of ether oxygens (including phenoxy) is 2. The second kappa shape index (κ2) is 9.50. The number of halogens is 1. The molecule has 6 nitrogen and oxygen atoms in total. The van der Waals surface area contributed by atoms with E-state index in [1.807, 2.05) is 50.2 Å². The van der Waals surface area contributed by atoms with E-state index in [-0.39, 0.29) is 5.91 Å². The van der Waals surface area contributed by atoms with Gasteiger partial charge >= 0.3 is 0 Å². The van der Waals surface area contributed by atoms with Crippen molar-refractivity contribution in [2.24, 2.45) is 0 Å². The maximum absolute atomic E-state index is 12.7. The number of anilines is 1. The van der Waals surface area contributed by atoms with Crippen LogP contribution in [0.1, 0.15) is 16.7 Å². The number of nitrogens with zero attached hydrogens (tertiary/aromatic N) is 1. The van der Waals surface area contributed by atoms with Crippen molar-refractivity contribution in [3.05, 3.63) is 75.8 Å². The summed E-state index contributed by atoms with van der Waals surface area (Å²) in [6.45, 7) is 4.08. The van der Waals surface area contributed by atoms with Crippen LogP contribution in [0.5, 0.6) is 11.5 Å². The number of nitrogens with one attached hydrogen (secondary N) is 1. The van der Waals surface area contributed by atoms with Crippen LogP contribution in [0, 0.1) is 13.8 Å². The minimum absolute atomic E-state index is 0.309. The molecule has 0 radical (unpaired) electrons. The molecule has 7 heteroatoms. The van der Waals surface area contributed by atoms with Crippen molar-refractivity contribution in [1.82, 2.24) is 4.98 Å². The molecule has 0 aliphatic rings. The molecule has 0 saturated carbocycles. The number of carbonyl (C=O) groups is 1. The molecular formula is C26H23BrN2O4. The Bertz CT molecular complexity index is 1340. The molecule has 33 heavy (non-hydrogen) atoms. The van der Waals surface area contributed by atoms with Crippen molar-refractivity contribution in [3.63, 3.8) is 0 Å². The fourth-order valence-electron chi connectivity index (χ4n) is 3.42. The summed E-state index contributed by atoms with van der Waals surface area (Å²) in [4.78, 5) is 17.3. The van der Waals surface area contributed by atoms with Gasteiger partial charge in [0, 0.05) is 21.7 Å². The summed E-state index contributed by atoms with van der Waals surface area (Å²) in [5, 5.41) is 2.87. The van der Waals surface area contributed by atoms with Gasteiger partial charge in [-0.1, -0.05) is 15.9 Å². The largest absolute Gasteiger partial charge is 0.496 e. The highest BCUT2D eigenvalue weighted by molar-refractivity contribution is 9.10. The SMILES string of the molecule is COc1ccc(Br)cc1C=CC(=O)Nc1cc(-c2nc3cc(C)c(C)cc3o2)ccc1OC. The van der Waals surface area contributed by atoms with Crippen molar-refractivity contribution in [1.29, 1.82) is 0 Å².